The molecule has 176 valence electrons. The highest BCUT2D eigenvalue weighted by atomic mass is 16.1. The molecule has 1 aliphatic heterocycles. The van der Waals surface area contributed by atoms with Crippen molar-refractivity contribution in [2.24, 2.45) is 5.92 Å². The molecule has 0 radical (unpaired) electrons. The Hall–Kier alpha value is -3.18. The summed E-state index contributed by atoms with van der Waals surface area (Å²) in [5, 5.41) is 3.07. The van der Waals surface area contributed by atoms with Crippen LogP contribution in [0, 0.1) is 5.92 Å². The van der Waals surface area contributed by atoms with E-state index >= 15 is 0 Å². The van der Waals surface area contributed by atoms with Crippen molar-refractivity contribution < 1.29 is 4.79 Å². The highest BCUT2D eigenvalue weighted by Gasteiger charge is 2.42. The van der Waals surface area contributed by atoms with Gasteiger partial charge < -0.3 is 10.2 Å². The van der Waals surface area contributed by atoms with Crippen LogP contribution in [-0.2, 0) is 5.54 Å². The zero-order valence-corrected chi connectivity index (χ0v) is 20.0. The first-order valence-electron chi connectivity index (χ1n) is 12.5. The number of nitrogens with one attached hydrogen (secondary N) is 1. The molecule has 3 aromatic rings. The molecule has 1 N–H and O–H groups in total. The number of carbonyl (C=O) groups is 1. The predicted octanol–water partition coefficient (Wildman–Crippen LogP) is 5.56. The highest BCUT2D eigenvalue weighted by molar-refractivity contribution is 6.02. The van der Waals surface area contributed by atoms with Crippen molar-refractivity contribution in [1.82, 2.24) is 9.88 Å². The second kappa shape index (κ2) is 9.98. The standard InChI is InChI=1S/C29H34N4O/c1-23-13-15-29(16-14-23,33-20-18-32(19-21-33)26-10-3-2-4-11-26)24-8-7-9-25(22-24)31-28(34)27-12-5-6-17-30-27/h2-12,17,22-23H,13-16,18-21H2,1H3,(H,31,34)/t23-,29-. The summed E-state index contributed by atoms with van der Waals surface area (Å²) >= 11 is 0. The second-order valence-corrected chi connectivity index (χ2v) is 9.77. The van der Waals surface area contributed by atoms with Crippen LogP contribution >= 0.6 is 0 Å². The molecule has 34 heavy (non-hydrogen) atoms. The summed E-state index contributed by atoms with van der Waals surface area (Å²) in [5.74, 6) is 0.603. The summed E-state index contributed by atoms with van der Waals surface area (Å²) < 4.78 is 0. The number of anilines is 2. The van der Waals surface area contributed by atoms with Crippen LogP contribution in [0.25, 0.3) is 0 Å². The smallest absolute Gasteiger partial charge is 0.274 e. The maximum absolute atomic E-state index is 12.7. The summed E-state index contributed by atoms with van der Waals surface area (Å²) in [7, 11) is 0. The SMILES string of the molecule is C[C@H]1CC[C@](c2cccc(NC(=O)c3ccccn3)c2)(N2CCN(c3ccccc3)CC2)CC1. The second-order valence-electron chi connectivity index (χ2n) is 9.77. The van der Waals surface area contributed by atoms with Crippen LogP contribution in [0.15, 0.2) is 79.0 Å². The molecule has 0 spiro atoms. The first-order chi connectivity index (χ1) is 16.6. The number of aromatic nitrogens is 1. The Labute approximate surface area is 202 Å². The van der Waals surface area contributed by atoms with Gasteiger partial charge in [-0.05, 0) is 73.6 Å². The Kier molecular flexibility index (Phi) is 6.63. The third-order valence-corrected chi connectivity index (χ3v) is 7.66. The van der Waals surface area contributed by atoms with Crippen molar-refractivity contribution in [1.29, 1.82) is 0 Å². The Morgan fingerprint density at radius 1 is 0.912 bits per heavy atom. The van der Waals surface area contributed by atoms with Gasteiger partial charge in [0, 0.05) is 49.3 Å². The molecule has 2 aromatic carbocycles. The van der Waals surface area contributed by atoms with Gasteiger partial charge in [0.1, 0.15) is 5.69 Å². The minimum absolute atomic E-state index is 0.0288. The normalized spacial score (nSPS) is 23.4. The Morgan fingerprint density at radius 2 is 1.65 bits per heavy atom. The van der Waals surface area contributed by atoms with Gasteiger partial charge in [-0.15, -0.1) is 0 Å². The lowest BCUT2D eigenvalue weighted by Crippen LogP contribution is -2.56. The molecule has 1 aromatic heterocycles. The third kappa shape index (κ3) is 4.71. The number of rotatable bonds is 5. The van der Waals surface area contributed by atoms with Crippen LogP contribution in [0.5, 0.6) is 0 Å². The summed E-state index contributed by atoms with van der Waals surface area (Å²) in [6.45, 7) is 6.55. The maximum atomic E-state index is 12.7. The fourth-order valence-electron chi connectivity index (χ4n) is 5.64. The van der Waals surface area contributed by atoms with Crippen LogP contribution in [0.2, 0.25) is 0 Å². The van der Waals surface area contributed by atoms with E-state index in [0.717, 1.165) is 50.6 Å². The van der Waals surface area contributed by atoms with Crippen molar-refractivity contribution in [3.63, 3.8) is 0 Å². The molecule has 1 amide bonds. The minimum atomic E-state index is -0.166. The molecule has 5 nitrogen and oxygen atoms in total. The third-order valence-electron chi connectivity index (χ3n) is 7.66. The molecule has 1 aliphatic carbocycles. The lowest BCUT2D eigenvalue weighted by Gasteiger charge is -2.51. The molecule has 2 fully saturated rings. The molecule has 2 aliphatic rings. The summed E-state index contributed by atoms with van der Waals surface area (Å²) in [6, 6.07) is 24.7. The van der Waals surface area contributed by atoms with E-state index in [1.165, 1.54) is 24.1 Å². The topological polar surface area (TPSA) is 48.5 Å². The summed E-state index contributed by atoms with van der Waals surface area (Å²) in [4.78, 5) is 22.1. The number of carbonyl (C=O) groups excluding carboxylic acids is 1. The molecular formula is C29H34N4O. The molecule has 2 heterocycles. The van der Waals surface area contributed by atoms with Gasteiger partial charge in [-0.1, -0.05) is 43.3 Å². The monoisotopic (exact) mass is 454 g/mol. The van der Waals surface area contributed by atoms with Crippen molar-refractivity contribution >= 4 is 17.3 Å². The molecule has 0 unspecified atom stereocenters. The first-order valence-corrected chi connectivity index (χ1v) is 12.5. The van der Waals surface area contributed by atoms with Crippen LogP contribution in [0.1, 0.15) is 48.7 Å². The predicted molar refractivity (Wildman–Crippen MR) is 138 cm³/mol. The Balaban J connectivity index is 1.37. The molecule has 0 bridgehead atoms. The molecule has 1 saturated heterocycles. The van der Waals surface area contributed by atoms with Crippen molar-refractivity contribution in [2.45, 2.75) is 38.1 Å². The van der Waals surface area contributed by atoms with E-state index in [-0.39, 0.29) is 11.4 Å². The number of para-hydroxylation sites is 1. The van der Waals surface area contributed by atoms with Gasteiger partial charge in [0.15, 0.2) is 0 Å². The molecular weight excluding hydrogens is 420 g/mol. The van der Waals surface area contributed by atoms with E-state index in [4.69, 9.17) is 0 Å². The number of hydrogen-bond donors (Lipinski definition) is 1. The zero-order valence-electron chi connectivity index (χ0n) is 20.0. The van der Waals surface area contributed by atoms with Crippen molar-refractivity contribution in [2.75, 3.05) is 36.4 Å². The lowest BCUT2D eigenvalue weighted by molar-refractivity contribution is 0.0299. The zero-order chi connectivity index (χ0) is 23.4. The van der Waals surface area contributed by atoms with Crippen molar-refractivity contribution in [3.8, 4) is 0 Å². The number of nitrogens with zero attached hydrogens (tertiary/aromatic N) is 3. The van der Waals surface area contributed by atoms with Gasteiger partial charge in [-0.3, -0.25) is 14.7 Å². The van der Waals surface area contributed by atoms with E-state index in [1.54, 1.807) is 12.3 Å². The average Bonchev–Trinajstić information content (AvgIpc) is 2.91. The number of hydrogen-bond acceptors (Lipinski definition) is 4. The Bertz CT molecular complexity index is 1090. The number of piperazine rings is 1. The van der Waals surface area contributed by atoms with Gasteiger partial charge in [0.25, 0.3) is 5.91 Å². The highest BCUT2D eigenvalue weighted by Crippen LogP contribution is 2.45. The van der Waals surface area contributed by atoms with E-state index in [1.807, 2.05) is 18.2 Å². The van der Waals surface area contributed by atoms with Crippen LogP contribution in [0.3, 0.4) is 0 Å². The largest absolute Gasteiger partial charge is 0.369 e. The Morgan fingerprint density at radius 3 is 2.35 bits per heavy atom. The minimum Gasteiger partial charge on any atom is -0.369 e. The van der Waals surface area contributed by atoms with Crippen LogP contribution < -0.4 is 10.2 Å². The fraction of sp³-hybridized carbons (Fsp3) is 0.379. The number of benzene rings is 2. The van der Waals surface area contributed by atoms with Gasteiger partial charge in [0.2, 0.25) is 0 Å². The van der Waals surface area contributed by atoms with Gasteiger partial charge in [-0.25, -0.2) is 0 Å². The summed E-state index contributed by atoms with van der Waals surface area (Å²) in [6.07, 6.45) is 6.46. The average molecular weight is 455 g/mol. The van der Waals surface area contributed by atoms with Gasteiger partial charge in [0.05, 0.1) is 0 Å². The van der Waals surface area contributed by atoms with Crippen LogP contribution in [-0.4, -0.2) is 42.0 Å². The van der Waals surface area contributed by atoms with Crippen molar-refractivity contribution in [3.05, 3.63) is 90.3 Å². The molecule has 1 saturated carbocycles. The molecule has 0 atom stereocenters. The fourth-order valence-corrected chi connectivity index (χ4v) is 5.64. The quantitative estimate of drug-likeness (QED) is 0.548. The maximum Gasteiger partial charge on any atom is 0.274 e. The van der Waals surface area contributed by atoms with E-state index in [2.05, 4.69) is 75.6 Å². The van der Waals surface area contributed by atoms with Gasteiger partial charge >= 0.3 is 0 Å². The summed E-state index contributed by atoms with van der Waals surface area (Å²) in [5.41, 5.74) is 3.94. The molecule has 5 heteroatoms. The van der Waals surface area contributed by atoms with E-state index in [9.17, 15) is 4.79 Å². The van der Waals surface area contributed by atoms with Crippen LogP contribution in [0.4, 0.5) is 11.4 Å². The van der Waals surface area contributed by atoms with E-state index < -0.39 is 0 Å². The first kappa shape index (κ1) is 22.6. The number of amides is 1. The van der Waals surface area contributed by atoms with Gasteiger partial charge in [-0.2, -0.15) is 0 Å². The molecule has 5 rings (SSSR count). The van der Waals surface area contributed by atoms with E-state index in [0.29, 0.717) is 5.69 Å². The number of pyridine rings is 1. The lowest BCUT2D eigenvalue weighted by atomic mass is 9.71.